The van der Waals surface area contributed by atoms with Crippen molar-refractivity contribution < 1.29 is 38.1 Å². The third-order valence-electron chi connectivity index (χ3n) is 10.6. The van der Waals surface area contributed by atoms with Crippen LogP contribution in [0.15, 0.2) is 48.0 Å². The number of primary amides is 1. The molecule has 4 amide bonds. The van der Waals surface area contributed by atoms with Crippen LogP contribution in [-0.4, -0.2) is 87.8 Å². The summed E-state index contributed by atoms with van der Waals surface area (Å²) in [6, 6.07) is 11.6. The van der Waals surface area contributed by atoms with Crippen LogP contribution in [0.5, 0.6) is 5.75 Å². The van der Waals surface area contributed by atoms with Gasteiger partial charge in [0.2, 0.25) is 17.7 Å². The maximum atomic E-state index is 14.6. The summed E-state index contributed by atoms with van der Waals surface area (Å²) in [5, 5.41) is 16.1. The largest absolute Gasteiger partial charge is 0.493 e. The van der Waals surface area contributed by atoms with Crippen LogP contribution in [0.2, 0.25) is 0 Å². The molecule has 1 saturated carbocycles. The van der Waals surface area contributed by atoms with Crippen molar-refractivity contribution in [1.82, 2.24) is 20.5 Å². The van der Waals surface area contributed by atoms with E-state index in [1.807, 2.05) is 44.2 Å². The molecule has 0 unspecified atom stereocenters. The summed E-state index contributed by atoms with van der Waals surface area (Å²) in [5.41, 5.74) is 15.1. The average molecular weight is 845 g/mol. The molecule has 2 aliphatic rings. The van der Waals surface area contributed by atoms with E-state index < -0.39 is 47.0 Å². The van der Waals surface area contributed by atoms with Crippen molar-refractivity contribution in [2.75, 3.05) is 13.2 Å². The van der Waals surface area contributed by atoms with Gasteiger partial charge in [0, 0.05) is 37.5 Å². The summed E-state index contributed by atoms with van der Waals surface area (Å²) in [5.74, 6) is -1.60. The summed E-state index contributed by atoms with van der Waals surface area (Å²) < 4.78 is 26.8. The van der Waals surface area contributed by atoms with Gasteiger partial charge >= 0.3 is 0 Å². The molecule has 7 N–H and O–H groups in total. The zero-order chi connectivity index (χ0) is 41.5. The number of rotatable bonds is 19. The third-order valence-corrected chi connectivity index (χ3v) is 11.6. The highest BCUT2D eigenvalue weighted by molar-refractivity contribution is 7.13. The highest BCUT2D eigenvalue weighted by Gasteiger charge is 2.53. The fourth-order valence-corrected chi connectivity index (χ4v) is 7.53. The summed E-state index contributed by atoms with van der Waals surface area (Å²) in [6.07, 6.45) is 1.28. The van der Waals surface area contributed by atoms with Crippen molar-refractivity contribution in [2.45, 2.75) is 129 Å². The minimum Gasteiger partial charge on any atom is -0.493 e. The molecule has 1 saturated heterocycles. The molecule has 5 atom stereocenters. The van der Waals surface area contributed by atoms with Crippen molar-refractivity contribution in [2.24, 2.45) is 16.9 Å². The molecule has 0 radical (unpaired) electrons. The van der Waals surface area contributed by atoms with Crippen molar-refractivity contribution in [3.05, 3.63) is 70.4 Å². The number of alkyl halides is 1. The van der Waals surface area contributed by atoms with Crippen LogP contribution in [0.4, 0.5) is 4.39 Å². The fraction of sp³-hybridized carbons (Fsp3) is 0.548. The zero-order valence-electron chi connectivity index (χ0n) is 33.9. The molecule has 3 aromatic rings. The number of hydrogen-bond donors (Lipinski definition) is 5. The minimum atomic E-state index is -1.97. The van der Waals surface area contributed by atoms with Gasteiger partial charge in [0.05, 0.1) is 41.5 Å². The van der Waals surface area contributed by atoms with Crippen LogP contribution in [-0.2, 0) is 43.5 Å². The van der Waals surface area contributed by atoms with E-state index in [9.17, 15) is 28.7 Å². The standard InChI is InChI=1S/C42H57FN6O7S.ClH/c1-25-36(57-24-47-25)29-12-13-30(34(19-29)55-18-6-7-27-8-10-28(11-9-27)23-56-26(2)32(44)14-15-35(45)51)21-46-38(52)33-20-31(50)22-49(33)39(53)37(41(3,4)5)48-40(54)42(43)16-17-42;/h8-13,19,24,26,31-33,37,50H,6-7,14-18,20-23,44H2,1-5H3,(H2,45,51)(H,46,52)(H,48,54);1H/t26-,31-,32+,33+,37-;/m1./s1. The first kappa shape index (κ1) is 46.5. The van der Waals surface area contributed by atoms with Gasteiger partial charge in [0.25, 0.3) is 5.91 Å². The SMILES string of the molecule is Cc1ncsc1-c1ccc(CNC(=O)[C@@H]2C[C@@H](O)CN2C(=O)[C@@H](NC(=O)C2(F)CC2)C(C)(C)C)c(OCCCc2ccc(CO[C@H](C)[C@@H](N)CCC(N)=O)cc2)c1.Cl. The van der Waals surface area contributed by atoms with Gasteiger partial charge in [-0.3, -0.25) is 19.2 Å². The molecule has 1 aliphatic heterocycles. The number of nitrogens with two attached hydrogens (primary N) is 2. The number of aryl methyl sites for hydroxylation is 2. The van der Waals surface area contributed by atoms with E-state index >= 15 is 0 Å². The van der Waals surface area contributed by atoms with E-state index in [1.165, 1.54) is 16.2 Å². The number of likely N-dealkylation sites (tertiary alicyclic amines) is 1. The van der Waals surface area contributed by atoms with Crippen LogP contribution in [0, 0.1) is 12.3 Å². The second kappa shape index (κ2) is 20.2. The van der Waals surface area contributed by atoms with Crippen LogP contribution in [0.3, 0.4) is 0 Å². The molecular weight excluding hydrogens is 787 g/mol. The molecule has 2 aromatic carbocycles. The molecule has 1 aliphatic carbocycles. The van der Waals surface area contributed by atoms with E-state index in [-0.39, 0.29) is 69.2 Å². The van der Waals surface area contributed by atoms with E-state index in [0.717, 1.165) is 45.7 Å². The lowest BCUT2D eigenvalue weighted by Crippen LogP contribution is -2.59. The smallest absolute Gasteiger partial charge is 0.258 e. The first-order chi connectivity index (χ1) is 26.9. The van der Waals surface area contributed by atoms with E-state index in [4.69, 9.17) is 20.9 Å². The van der Waals surface area contributed by atoms with E-state index in [1.54, 1.807) is 26.3 Å². The Morgan fingerprint density at radius 3 is 2.43 bits per heavy atom. The Bertz CT molecular complexity index is 1890. The van der Waals surface area contributed by atoms with Crippen LogP contribution < -0.4 is 26.8 Å². The second-order valence-electron chi connectivity index (χ2n) is 16.4. The number of β-amino-alcohol motifs (C(OH)–C–C–N with tert-alkyl or cyclic N) is 1. The lowest BCUT2D eigenvalue weighted by molar-refractivity contribution is -0.145. The Balaban J connectivity index is 0.00000744. The Morgan fingerprint density at radius 2 is 1.81 bits per heavy atom. The molecule has 1 aromatic heterocycles. The maximum Gasteiger partial charge on any atom is 0.258 e. The predicted molar refractivity (Wildman–Crippen MR) is 223 cm³/mol. The van der Waals surface area contributed by atoms with Gasteiger partial charge in [-0.25, -0.2) is 9.37 Å². The van der Waals surface area contributed by atoms with Gasteiger partial charge in [-0.1, -0.05) is 57.2 Å². The van der Waals surface area contributed by atoms with Gasteiger partial charge in [-0.2, -0.15) is 0 Å². The molecule has 318 valence electrons. The highest BCUT2D eigenvalue weighted by Crippen LogP contribution is 2.40. The number of nitrogens with one attached hydrogen (secondary N) is 2. The minimum absolute atomic E-state index is 0. The van der Waals surface area contributed by atoms with Gasteiger partial charge < -0.3 is 41.6 Å². The quantitative estimate of drug-likeness (QED) is 0.107. The zero-order valence-corrected chi connectivity index (χ0v) is 35.6. The fourth-order valence-electron chi connectivity index (χ4n) is 6.73. The van der Waals surface area contributed by atoms with E-state index in [2.05, 4.69) is 27.8 Å². The number of carbonyl (C=O) groups excluding carboxylic acids is 4. The first-order valence-electron chi connectivity index (χ1n) is 19.6. The topological polar surface area (TPSA) is 199 Å². The average Bonchev–Trinajstić information content (AvgIpc) is 3.58. The number of hydrogen-bond acceptors (Lipinski definition) is 10. The Kier molecular flexibility index (Phi) is 16.2. The number of ether oxygens (including phenoxy) is 2. The van der Waals surface area contributed by atoms with Crippen molar-refractivity contribution >= 4 is 47.4 Å². The number of aliphatic hydroxyl groups excluding tert-OH is 1. The molecule has 0 bridgehead atoms. The number of aromatic nitrogens is 1. The monoisotopic (exact) mass is 844 g/mol. The summed E-state index contributed by atoms with van der Waals surface area (Å²) in [7, 11) is 0. The Morgan fingerprint density at radius 1 is 1.12 bits per heavy atom. The van der Waals surface area contributed by atoms with Gasteiger partial charge in [-0.15, -0.1) is 23.7 Å². The number of nitrogens with zero attached hydrogens (tertiary/aromatic N) is 2. The lowest BCUT2D eigenvalue weighted by Gasteiger charge is -2.35. The molecular formula is C42H58ClFN6O7S. The van der Waals surface area contributed by atoms with Crippen molar-refractivity contribution in [3.63, 3.8) is 0 Å². The number of amides is 4. The molecule has 58 heavy (non-hydrogen) atoms. The van der Waals surface area contributed by atoms with Gasteiger partial charge in [0.1, 0.15) is 17.8 Å². The second-order valence-corrected chi connectivity index (χ2v) is 17.2. The number of halogens is 2. The highest BCUT2D eigenvalue weighted by atomic mass is 35.5. The maximum absolute atomic E-state index is 14.6. The van der Waals surface area contributed by atoms with Crippen molar-refractivity contribution in [1.29, 1.82) is 0 Å². The molecule has 13 nitrogen and oxygen atoms in total. The lowest BCUT2D eigenvalue weighted by atomic mass is 9.85. The normalized spacial score (nSPS) is 18.7. The summed E-state index contributed by atoms with van der Waals surface area (Å²) in [4.78, 5) is 58.0. The van der Waals surface area contributed by atoms with E-state index in [0.29, 0.717) is 25.4 Å². The Hall–Kier alpha value is -4.15. The molecule has 2 fully saturated rings. The number of carbonyl (C=O) groups is 4. The third kappa shape index (κ3) is 12.4. The van der Waals surface area contributed by atoms with Crippen LogP contribution >= 0.6 is 23.7 Å². The van der Waals surface area contributed by atoms with Gasteiger partial charge in [0.15, 0.2) is 5.67 Å². The Labute approximate surface area is 350 Å². The molecule has 0 spiro atoms. The predicted octanol–water partition coefficient (Wildman–Crippen LogP) is 4.66. The molecule has 2 heterocycles. The van der Waals surface area contributed by atoms with Crippen LogP contribution in [0.1, 0.15) is 88.6 Å². The number of benzene rings is 2. The van der Waals surface area contributed by atoms with Gasteiger partial charge in [-0.05, 0) is 74.1 Å². The number of aliphatic hydroxyl groups is 1. The summed E-state index contributed by atoms with van der Waals surface area (Å²) in [6.45, 7) is 9.95. The number of thiazole rings is 1. The van der Waals surface area contributed by atoms with Crippen LogP contribution in [0.25, 0.3) is 10.4 Å². The summed E-state index contributed by atoms with van der Waals surface area (Å²) >= 11 is 1.53. The molecule has 16 heteroatoms. The molecule has 5 rings (SSSR count). The van der Waals surface area contributed by atoms with Crippen molar-refractivity contribution in [3.8, 4) is 16.2 Å². The first-order valence-corrected chi connectivity index (χ1v) is 20.5.